The third kappa shape index (κ3) is 3.83. The molecule has 0 radical (unpaired) electrons. The van der Waals surface area contributed by atoms with Gasteiger partial charge in [-0.3, -0.25) is 4.79 Å². The number of piperidine rings is 1. The first-order chi connectivity index (χ1) is 12.4. The van der Waals surface area contributed by atoms with Gasteiger partial charge >= 0.3 is 0 Å². The van der Waals surface area contributed by atoms with Crippen LogP contribution in [0, 0.1) is 6.92 Å². The first-order valence-corrected chi connectivity index (χ1v) is 9.61. The average molecular weight is 361 g/mol. The van der Waals surface area contributed by atoms with Crippen LogP contribution in [0.15, 0.2) is 6.07 Å². The van der Waals surface area contributed by atoms with Crippen LogP contribution >= 0.6 is 0 Å². The number of aromatic nitrogens is 2. The quantitative estimate of drug-likeness (QED) is 0.872. The highest BCUT2D eigenvalue weighted by Crippen LogP contribution is 2.26. The van der Waals surface area contributed by atoms with Gasteiger partial charge in [-0.15, -0.1) is 0 Å². The summed E-state index contributed by atoms with van der Waals surface area (Å²) in [7, 11) is 1.66. The predicted molar refractivity (Wildman–Crippen MR) is 101 cm³/mol. The van der Waals surface area contributed by atoms with Crippen molar-refractivity contribution in [2.45, 2.75) is 45.1 Å². The minimum Gasteiger partial charge on any atom is -0.368 e. The molecule has 1 N–H and O–H groups in total. The third-order valence-corrected chi connectivity index (χ3v) is 5.46. The Labute approximate surface area is 156 Å². The molecule has 2 fully saturated rings. The molecule has 7 heteroatoms. The van der Waals surface area contributed by atoms with Gasteiger partial charge in [0.05, 0.1) is 0 Å². The van der Waals surface area contributed by atoms with Crippen molar-refractivity contribution in [2.24, 2.45) is 0 Å². The summed E-state index contributed by atoms with van der Waals surface area (Å²) in [6, 6.07) is 2.03. The summed E-state index contributed by atoms with van der Waals surface area (Å²) < 4.78 is 5.70. The van der Waals surface area contributed by atoms with E-state index in [-0.39, 0.29) is 5.91 Å². The van der Waals surface area contributed by atoms with Crippen LogP contribution in [0.1, 0.15) is 44.1 Å². The molecule has 7 nitrogen and oxygen atoms in total. The Balaban J connectivity index is 1.66. The molecular formula is C19H31N5O2. The molecule has 0 saturated carbocycles. The lowest BCUT2D eigenvalue weighted by Gasteiger charge is -2.42. The Morgan fingerprint density at radius 2 is 1.85 bits per heavy atom. The largest absolute Gasteiger partial charge is 0.368 e. The van der Waals surface area contributed by atoms with Crippen LogP contribution in [0.3, 0.4) is 0 Å². The summed E-state index contributed by atoms with van der Waals surface area (Å²) in [5, 5.41) is 3.31. The summed E-state index contributed by atoms with van der Waals surface area (Å²) in [4.78, 5) is 26.5. The molecule has 2 saturated heterocycles. The fourth-order valence-corrected chi connectivity index (χ4v) is 3.76. The van der Waals surface area contributed by atoms with Gasteiger partial charge in [0.2, 0.25) is 0 Å². The summed E-state index contributed by atoms with van der Waals surface area (Å²) in [6.45, 7) is 10.9. The Morgan fingerprint density at radius 1 is 1.19 bits per heavy atom. The molecule has 3 heterocycles. The zero-order valence-corrected chi connectivity index (χ0v) is 16.4. The monoisotopic (exact) mass is 361 g/mol. The van der Waals surface area contributed by atoms with Crippen molar-refractivity contribution in [2.75, 3.05) is 51.3 Å². The molecule has 2 aliphatic rings. The summed E-state index contributed by atoms with van der Waals surface area (Å²) in [5.74, 6) is 2.30. The summed E-state index contributed by atoms with van der Waals surface area (Å²) >= 11 is 0. The number of hydrogen-bond acceptors (Lipinski definition) is 6. The second-order valence-electron chi connectivity index (χ2n) is 7.61. The molecule has 0 atom stereocenters. The maximum Gasteiger partial charge on any atom is 0.255 e. The van der Waals surface area contributed by atoms with Crippen LogP contribution < -0.4 is 10.2 Å². The molecule has 0 unspecified atom stereocenters. The number of amides is 1. The van der Waals surface area contributed by atoms with Crippen molar-refractivity contribution >= 4 is 11.7 Å². The van der Waals surface area contributed by atoms with Crippen LogP contribution in [-0.2, 0) is 9.53 Å². The maximum atomic E-state index is 13.1. The Bertz CT molecular complexity index is 635. The van der Waals surface area contributed by atoms with Crippen molar-refractivity contribution in [3.05, 3.63) is 17.6 Å². The smallest absolute Gasteiger partial charge is 0.255 e. The number of carbonyl (C=O) groups is 1. The van der Waals surface area contributed by atoms with Gasteiger partial charge in [0.1, 0.15) is 17.2 Å². The van der Waals surface area contributed by atoms with E-state index in [4.69, 9.17) is 9.72 Å². The molecule has 144 valence electrons. The molecule has 0 bridgehead atoms. The van der Waals surface area contributed by atoms with Crippen LogP contribution in [0.4, 0.5) is 5.82 Å². The highest BCUT2D eigenvalue weighted by atomic mass is 16.5. The number of aryl methyl sites for hydroxylation is 1. The molecule has 26 heavy (non-hydrogen) atoms. The number of carbonyl (C=O) groups excluding carboxylic acids is 1. The molecule has 0 aromatic carbocycles. The lowest BCUT2D eigenvalue weighted by atomic mass is 9.90. The van der Waals surface area contributed by atoms with Gasteiger partial charge in [0.25, 0.3) is 5.91 Å². The Kier molecular flexibility index (Phi) is 5.77. The van der Waals surface area contributed by atoms with E-state index in [1.54, 1.807) is 7.11 Å². The van der Waals surface area contributed by atoms with E-state index in [1.165, 1.54) is 0 Å². The number of anilines is 1. The molecule has 1 aromatic heterocycles. The van der Waals surface area contributed by atoms with E-state index < -0.39 is 5.60 Å². The van der Waals surface area contributed by atoms with Gasteiger partial charge < -0.3 is 19.9 Å². The number of nitrogens with one attached hydrogen (secondary N) is 1. The van der Waals surface area contributed by atoms with Gasteiger partial charge in [-0.1, -0.05) is 13.8 Å². The SMILES string of the molecule is COC1(C(=O)N2CCN(c3cc(C)nc(C(C)C)n3)CC2)CCNCC1. The molecule has 3 rings (SSSR count). The van der Waals surface area contributed by atoms with Gasteiger partial charge in [0.15, 0.2) is 0 Å². The molecule has 1 amide bonds. The summed E-state index contributed by atoms with van der Waals surface area (Å²) in [6.07, 6.45) is 1.48. The Hall–Kier alpha value is -1.73. The van der Waals surface area contributed by atoms with E-state index in [1.807, 2.05) is 17.9 Å². The fraction of sp³-hybridized carbons (Fsp3) is 0.737. The Morgan fingerprint density at radius 3 is 2.42 bits per heavy atom. The number of hydrogen-bond donors (Lipinski definition) is 1. The van der Waals surface area contributed by atoms with Gasteiger partial charge in [-0.05, 0) is 32.9 Å². The number of rotatable bonds is 4. The second kappa shape index (κ2) is 7.88. The van der Waals surface area contributed by atoms with Crippen LogP contribution in [0.2, 0.25) is 0 Å². The second-order valence-corrected chi connectivity index (χ2v) is 7.61. The lowest BCUT2D eigenvalue weighted by molar-refractivity contribution is -0.158. The zero-order valence-electron chi connectivity index (χ0n) is 16.4. The maximum absolute atomic E-state index is 13.1. The van der Waals surface area contributed by atoms with E-state index in [0.717, 1.165) is 56.4 Å². The fourth-order valence-electron chi connectivity index (χ4n) is 3.76. The number of methoxy groups -OCH3 is 1. The molecule has 0 spiro atoms. The lowest BCUT2D eigenvalue weighted by Crippen LogP contribution is -2.59. The molecular weight excluding hydrogens is 330 g/mol. The normalized spacial score (nSPS) is 20.5. The van der Waals surface area contributed by atoms with Crippen molar-refractivity contribution < 1.29 is 9.53 Å². The zero-order chi connectivity index (χ0) is 18.7. The van der Waals surface area contributed by atoms with Crippen LogP contribution in [-0.4, -0.2) is 72.8 Å². The summed E-state index contributed by atoms with van der Waals surface area (Å²) in [5.41, 5.74) is 0.342. The molecule has 0 aliphatic carbocycles. The van der Waals surface area contributed by atoms with Crippen LogP contribution in [0.5, 0.6) is 0 Å². The predicted octanol–water partition coefficient (Wildman–Crippen LogP) is 1.33. The number of ether oxygens (including phenoxy) is 1. The third-order valence-electron chi connectivity index (χ3n) is 5.46. The van der Waals surface area contributed by atoms with E-state index in [9.17, 15) is 4.79 Å². The minimum atomic E-state index is -0.649. The van der Waals surface area contributed by atoms with Crippen LogP contribution in [0.25, 0.3) is 0 Å². The van der Waals surface area contributed by atoms with Gasteiger partial charge in [-0.25, -0.2) is 9.97 Å². The number of piperazine rings is 1. The van der Waals surface area contributed by atoms with Gasteiger partial charge in [0, 0.05) is 51.0 Å². The molecule has 2 aliphatic heterocycles. The van der Waals surface area contributed by atoms with Crippen molar-refractivity contribution in [3.63, 3.8) is 0 Å². The van der Waals surface area contributed by atoms with Crippen molar-refractivity contribution in [3.8, 4) is 0 Å². The van der Waals surface area contributed by atoms with Gasteiger partial charge in [-0.2, -0.15) is 0 Å². The first kappa shape index (κ1) is 19.0. The molecule has 1 aromatic rings. The highest BCUT2D eigenvalue weighted by molar-refractivity contribution is 5.85. The topological polar surface area (TPSA) is 70.6 Å². The standard InChI is InChI=1S/C19H31N5O2/c1-14(2)17-21-15(3)13-16(22-17)23-9-11-24(12-10-23)18(25)19(26-4)5-7-20-8-6-19/h13-14,20H,5-12H2,1-4H3. The first-order valence-electron chi connectivity index (χ1n) is 9.61. The van der Waals surface area contributed by atoms with E-state index in [0.29, 0.717) is 19.0 Å². The van der Waals surface area contributed by atoms with Crippen molar-refractivity contribution in [1.29, 1.82) is 0 Å². The minimum absolute atomic E-state index is 0.142. The number of nitrogens with zero attached hydrogens (tertiary/aromatic N) is 4. The average Bonchev–Trinajstić information content (AvgIpc) is 2.67. The van der Waals surface area contributed by atoms with E-state index in [2.05, 4.69) is 29.0 Å². The van der Waals surface area contributed by atoms with E-state index >= 15 is 0 Å². The van der Waals surface area contributed by atoms with Crippen molar-refractivity contribution in [1.82, 2.24) is 20.2 Å². The highest BCUT2D eigenvalue weighted by Gasteiger charge is 2.43.